The van der Waals surface area contributed by atoms with Gasteiger partial charge in [-0.2, -0.15) is 0 Å². The molecular formula is C19H22N4O. The largest absolute Gasteiger partial charge is 0.297 e. The summed E-state index contributed by atoms with van der Waals surface area (Å²) in [4.78, 5) is 25.7. The van der Waals surface area contributed by atoms with Crippen LogP contribution >= 0.6 is 0 Å². The first-order valence-corrected chi connectivity index (χ1v) is 8.50. The second-order valence-corrected chi connectivity index (χ2v) is 7.08. The van der Waals surface area contributed by atoms with Gasteiger partial charge in [0.05, 0.1) is 5.69 Å². The molecule has 0 bridgehead atoms. The van der Waals surface area contributed by atoms with Crippen molar-refractivity contribution >= 4 is 11.7 Å². The van der Waals surface area contributed by atoms with Crippen LogP contribution in [0, 0.1) is 12.3 Å². The lowest BCUT2D eigenvalue weighted by Gasteiger charge is -2.23. The predicted octanol–water partition coefficient (Wildman–Crippen LogP) is 2.41. The number of aromatic nitrogens is 2. The van der Waals surface area contributed by atoms with Crippen molar-refractivity contribution < 1.29 is 4.79 Å². The van der Waals surface area contributed by atoms with Crippen LogP contribution in [0.25, 0.3) is 0 Å². The maximum absolute atomic E-state index is 12.5. The van der Waals surface area contributed by atoms with E-state index in [2.05, 4.69) is 27.0 Å². The normalized spacial score (nSPS) is 24.2. The molecule has 4 heterocycles. The molecule has 0 aliphatic carbocycles. The highest BCUT2D eigenvalue weighted by atomic mass is 16.2. The Morgan fingerprint density at radius 3 is 2.88 bits per heavy atom. The molecule has 5 nitrogen and oxygen atoms in total. The second-order valence-electron chi connectivity index (χ2n) is 7.08. The first kappa shape index (κ1) is 15.3. The number of likely N-dealkylation sites (tertiary alicyclic amines) is 1. The molecule has 2 aromatic heterocycles. The Balaban J connectivity index is 1.45. The number of rotatable bonds is 3. The van der Waals surface area contributed by atoms with Crippen LogP contribution in [0.1, 0.15) is 24.2 Å². The standard InChI is InChI=1S/C19H22N4O/c1-15-5-4-6-16(21-15)12-22-10-8-19(13-22)11-18(24)23(14-19)17-7-2-3-9-20-17/h2-7,9H,8,10-14H2,1H3/t19-/m1/s1. The number of aryl methyl sites for hydroxylation is 1. The fourth-order valence-corrected chi connectivity index (χ4v) is 3.97. The van der Waals surface area contributed by atoms with Gasteiger partial charge >= 0.3 is 0 Å². The van der Waals surface area contributed by atoms with Crippen molar-refractivity contribution in [2.24, 2.45) is 5.41 Å². The van der Waals surface area contributed by atoms with Crippen LogP contribution in [-0.4, -0.2) is 40.4 Å². The molecule has 2 fully saturated rings. The molecule has 1 spiro atoms. The molecular weight excluding hydrogens is 300 g/mol. The smallest absolute Gasteiger partial charge is 0.228 e. The minimum atomic E-state index is 0.0679. The van der Waals surface area contributed by atoms with E-state index in [0.717, 1.165) is 49.8 Å². The molecule has 2 aromatic rings. The molecule has 2 aliphatic heterocycles. The zero-order valence-electron chi connectivity index (χ0n) is 14.0. The summed E-state index contributed by atoms with van der Waals surface area (Å²) in [6, 6.07) is 11.9. The van der Waals surface area contributed by atoms with E-state index in [-0.39, 0.29) is 11.3 Å². The van der Waals surface area contributed by atoms with E-state index < -0.39 is 0 Å². The van der Waals surface area contributed by atoms with E-state index in [1.54, 1.807) is 6.20 Å². The number of pyridine rings is 2. The molecule has 4 rings (SSSR count). The van der Waals surface area contributed by atoms with Gasteiger partial charge in [-0.15, -0.1) is 0 Å². The van der Waals surface area contributed by atoms with Crippen LogP contribution in [0.15, 0.2) is 42.6 Å². The molecule has 1 atom stereocenters. The number of nitrogens with zero attached hydrogens (tertiary/aromatic N) is 4. The van der Waals surface area contributed by atoms with Gasteiger partial charge < -0.3 is 0 Å². The molecule has 0 unspecified atom stereocenters. The van der Waals surface area contributed by atoms with Crippen molar-refractivity contribution in [1.82, 2.24) is 14.9 Å². The van der Waals surface area contributed by atoms with Crippen LogP contribution in [0.5, 0.6) is 0 Å². The monoisotopic (exact) mass is 322 g/mol. The highest BCUT2D eigenvalue weighted by Gasteiger charge is 2.48. The Morgan fingerprint density at radius 2 is 2.08 bits per heavy atom. The Kier molecular flexibility index (Phi) is 3.81. The Morgan fingerprint density at radius 1 is 1.17 bits per heavy atom. The summed E-state index contributed by atoms with van der Waals surface area (Å²) in [5, 5.41) is 0. The third-order valence-corrected chi connectivity index (χ3v) is 5.10. The molecule has 5 heteroatoms. The quantitative estimate of drug-likeness (QED) is 0.871. The van der Waals surface area contributed by atoms with E-state index in [4.69, 9.17) is 0 Å². The minimum Gasteiger partial charge on any atom is -0.297 e. The first-order valence-electron chi connectivity index (χ1n) is 8.50. The van der Waals surface area contributed by atoms with E-state index in [0.29, 0.717) is 6.42 Å². The number of hydrogen-bond donors (Lipinski definition) is 0. The molecule has 0 radical (unpaired) electrons. The summed E-state index contributed by atoms with van der Waals surface area (Å²) in [6.45, 7) is 5.65. The van der Waals surface area contributed by atoms with E-state index in [1.165, 1.54) is 0 Å². The summed E-state index contributed by atoms with van der Waals surface area (Å²) < 4.78 is 0. The third kappa shape index (κ3) is 2.91. The van der Waals surface area contributed by atoms with Crippen molar-refractivity contribution in [2.75, 3.05) is 24.5 Å². The van der Waals surface area contributed by atoms with Crippen molar-refractivity contribution in [3.8, 4) is 0 Å². The fourth-order valence-electron chi connectivity index (χ4n) is 3.97. The highest BCUT2D eigenvalue weighted by molar-refractivity contribution is 5.95. The Bertz CT molecular complexity index is 748. The highest BCUT2D eigenvalue weighted by Crippen LogP contribution is 2.41. The molecule has 0 N–H and O–H groups in total. The van der Waals surface area contributed by atoms with Crippen LogP contribution in [0.3, 0.4) is 0 Å². The number of carbonyl (C=O) groups excluding carboxylic acids is 1. The summed E-state index contributed by atoms with van der Waals surface area (Å²) in [5.74, 6) is 0.974. The van der Waals surface area contributed by atoms with Gasteiger partial charge in [0.1, 0.15) is 5.82 Å². The number of anilines is 1. The van der Waals surface area contributed by atoms with Crippen molar-refractivity contribution in [3.05, 3.63) is 54.0 Å². The summed E-state index contributed by atoms with van der Waals surface area (Å²) >= 11 is 0. The topological polar surface area (TPSA) is 49.3 Å². The maximum Gasteiger partial charge on any atom is 0.228 e. The number of amides is 1. The van der Waals surface area contributed by atoms with Crippen LogP contribution in [-0.2, 0) is 11.3 Å². The molecule has 124 valence electrons. The van der Waals surface area contributed by atoms with Gasteiger partial charge in [-0.3, -0.25) is 19.6 Å². The number of hydrogen-bond acceptors (Lipinski definition) is 4. The van der Waals surface area contributed by atoms with Gasteiger partial charge in [0.15, 0.2) is 0 Å². The average Bonchev–Trinajstić information content (AvgIpc) is 3.11. The second kappa shape index (κ2) is 5.98. The van der Waals surface area contributed by atoms with E-state index in [1.807, 2.05) is 36.1 Å². The molecule has 24 heavy (non-hydrogen) atoms. The lowest BCUT2D eigenvalue weighted by atomic mass is 9.86. The molecule has 2 saturated heterocycles. The minimum absolute atomic E-state index is 0.0679. The lowest BCUT2D eigenvalue weighted by Crippen LogP contribution is -2.31. The molecule has 2 aliphatic rings. The van der Waals surface area contributed by atoms with Crippen LogP contribution in [0.2, 0.25) is 0 Å². The first-order chi connectivity index (χ1) is 11.6. The average molecular weight is 322 g/mol. The molecule has 0 aromatic carbocycles. The van der Waals surface area contributed by atoms with Gasteiger partial charge in [0.25, 0.3) is 0 Å². The summed E-state index contributed by atoms with van der Waals surface area (Å²) in [6.07, 6.45) is 3.44. The lowest BCUT2D eigenvalue weighted by molar-refractivity contribution is -0.117. The van der Waals surface area contributed by atoms with Crippen LogP contribution < -0.4 is 4.90 Å². The zero-order valence-corrected chi connectivity index (χ0v) is 14.0. The SMILES string of the molecule is Cc1cccc(CN2CC[C@@]3(CC(=O)N(c4ccccn4)C3)C2)n1. The Hall–Kier alpha value is -2.27. The summed E-state index contributed by atoms with van der Waals surface area (Å²) in [5.41, 5.74) is 2.23. The van der Waals surface area contributed by atoms with E-state index in [9.17, 15) is 4.79 Å². The predicted molar refractivity (Wildman–Crippen MR) is 92.5 cm³/mol. The van der Waals surface area contributed by atoms with Crippen molar-refractivity contribution in [3.63, 3.8) is 0 Å². The van der Waals surface area contributed by atoms with Gasteiger partial charge in [0.2, 0.25) is 5.91 Å². The van der Waals surface area contributed by atoms with Crippen LogP contribution in [0.4, 0.5) is 5.82 Å². The maximum atomic E-state index is 12.5. The Labute approximate surface area is 142 Å². The molecule has 0 saturated carbocycles. The van der Waals surface area contributed by atoms with Gasteiger partial charge in [-0.1, -0.05) is 12.1 Å². The third-order valence-electron chi connectivity index (χ3n) is 5.10. The number of carbonyl (C=O) groups is 1. The summed E-state index contributed by atoms with van der Waals surface area (Å²) in [7, 11) is 0. The van der Waals surface area contributed by atoms with Gasteiger partial charge in [0, 0.05) is 43.4 Å². The van der Waals surface area contributed by atoms with Crippen molar-refractivity contribution in [1.29, 1.82) is 0 Å². The molecule has 1 amide bonds. The zero-order chi connectivity index (χ0) is 16.6. The fraction of sp³-hybridized carbons (Fsp3) is 0.421. The van der Waals surface area contributed by atoms with Crippen molar-refractivity contribution in [2.45, 2.75) is 26.3 Å². The van der Waals surface area contributed by atoms with Gasteiger partial charge in [-0.05, 0) is 44.2 Å². The van der Waals surface area contributed by atoms with E-state index >= 15 is 0 Å². The van der Waals surface area contributed by atoms with Gasteiger partial charge in [-0.25, -0.2) is 4.98 Å².